The van der Waals surface area contributed by atoms with Crippen LogP contribution in [0.3, 0.4) is 0 Å². The van der Waals surface area contributed by atoms with Gasteiger partial charge in [-0.25, -0.2) is 0 Å². The molecule has 2 aromatic rings. The third-order valence-electron chi connectivity index (χ3n) is 4.70. The summed E-state index contributed by atoms with van der Waals surface area (Å²) >= 11 is 20.6. The number of rotatable bonds is 8. The molecule has 0 heterocycles. The van der Waals surface area contributed by atoms with Crippen molar-refractivity contribution in [3.63, 3.8) is 0 Å². The number of allylic oxidation sites excluding steroid dienone is 1. The second-order valence-electron chi connectivity index (χ2n) is 7.46. The molecule has 1 unspecified atom stereocenters. The normalized spacial score (nSPS) is 13.9. The number of amides is 2. The van der Waals surface area contributed by atoms with Crippen LogP contribution in [0, 0.1) is 0 Å². The zero-order valence-electron chi connectivity index (χ0n) is 18.2. The fourth-order valence-corrected chi connectivity index (χ4v) is 4.12. The largest absolute Gasteiger partial charge is 0.405 e. The molecule has 0 saturated carbocycles. The Balaban J connectivity index is 2.22. The summed E-state index contributed by atoms with van der Waals surface area (Å²) in [6.07, 6.45) is -7.41. The zero-order valence-corrected chi connectivity index (χ0v) is 22.0. The van der Waals surface area contributed by atoms with Crippen molar-refractivity contribution in [2.24, 2.45) is 0 Å². The quantitative estimate of drug-likeness (QED) is 0.223. The van der Waals surface area contributed by atoms with Crippen LogP contribution < -0.4 is 10.6 Å². The van der Waals surface area contributed by atoms with Gasteiger partial charge in [0.05, 0.1) is 33.2 Å². The van der Waals surface area contributed by atoms with Gasteiger partial charge in [-0.1, -0.05) is 53.0 Å². The number of halogens is 10. The van der Waals surface area contributed by atoms with Gasteiger partial charge in [0.15, 0.2) is 0 Å². The summed E-state index contributed by atoms with van der Waals surface area (Å²) in [7, 11) is 0. The smallest absolute Gasteiger partial charge is 0.394 e. The van der Waals surface area contributed by atoms with Crippen LogP contribution in [-0.4, -0.2) is 48.5 Å². The van der Waals surface area contributed by atoms with Crippen molar-refractivity contribution in [1.29, 1.82) is 0 Å². The minimum absolute atomic E-state index is 0.0870. The van der Waals surface area contributed by atoms with E-state index in [1.807, 2.05) is 0 Å². The molecule has 202 valence electrons. The Kier molecular flexibility index (Phi) is 10.7. The number of alkyl halides is 6. The number of aliphatic hydroxyl groups is 1. The second kappa shape index (κ2) is 12.7. The molecule has 0 fully saturated rings. The van der Waals surface area contributed by atoms with Gasteiger partial charge < -0.3 is 15.7 Å². The predicted octanol–water partition coefficient (Wildman–Crippen LogP) is 6.54. The number of aliphatic hydroxyl groups excluding tert-OH is 1. The molecular weight excluding hydrogens is 641 g/mol. The number of hydrogen-bond acceptors (Lipinski definition) is 3. The van der Waals surface area contributed by atoms with Crippen molar-refractivity contribution in [2.45, 2.75) is 24.3 Å². The topological polar surface area (TPSA) is 78.4 Å². The maximum atomic E-state index is 13.7. The highest BCUT2D eigenvalue weighted by molar-refractivity contribution is 9.10. The number of benzene rings is 2. The zero-order chi connectivity index (χ0) is 28.1. The van der Waals surface area contributed by atoms with Crippen molar-refractivity contribution in [2.75, 3.05) is 13.2 Å². The van der Waals surface area contributed by atoms with Gasteiger partial charge in [0.1, 0.15) is 12.6 Å². The van der Waals surface area contributed by atoms with Crippen molar-refractivity contribution >= 4 is 68.6 Å². The van der Waals surface area contributed by atoms with Crippen LogP contribution in [0.1, 0.15) is 27.4 Å². The minimum atomic E-state index is -4.71. The predicted molar refractivity (Wildman–Crippen MR) is 131 cm³/mol. The van der Waals surface area contributed by atoms with Gasteiger partial charge in [-0.2, -0.15) is 26.3 Å². The van der Waals surface area contributed by atoms with E-state index in [1.165, 1.54) is 18.2 Å². The van der Waals surface area contributed by atoms with Gasteiger partial charge in [0.25, 0.3) is 5.91 Å². The molecule has 5 nitrogen and oxygen atoms in total. The third-order valence-corrected chi connectivity index (χ3v) is 6.56. The molecule has 2 amide bonds. The first-order chi connectivity index (χ1) is 17.0. The van der Waals surface area contributed by atoms with Crippen molar-refractivity contribution in [3.05, 3.63) is 72.6 Å². The summed E-state index contributed by atoms with van der Waals surface area (Å²) < 4.78 is 78.1. The highest BCUT2D eigenvalue weighted by atomic mass is 79.9. The Morgan fingerprint density at radius 2 is 1.62 bits per heavy atom. The molecule has 0 spiro atoms. The Morgan fingerprint density at radius 1 is 1.03 bits per heavy atom. The average Bonchev–Trinajstić information content (AvgIpc) is 2.78. The molecule has 2 rings (SSSR count). The molecule has 0 aliphatic carbocycles. The van der Waals surface area contributed by atoms with Crippen molar-refractivity contribution < 1.29 is 41.0 Å². The van der Waals surface area contributed by atoms with Crippen molar-refractivity contribution in [3.8, 4) is 0 Å². The Hall–Kier alpha value is -1.99. The first-order valence-electron chi connectivity index (χ1n) is 9.98. The average molecular weight is 657 g/mol. The summed E-state index contributed by atoms with van der Waals surface area (Å²) in [5, 5.41) is 12.5. The van der Waals surface area contributed by atoms with Gasteiger partial charge >= 0.3 is 12.4 Å². The van der Waals surface area contributed by atoms with E-state index in [9.17, 15) is 41.0 Å². The van der Waals surface area contributed by atoms with Gasteiger partial charge in [-0.05, 0) is 51.3 Å². The number of nitrogens with one attached hydrogen (secondary N) is 2. The lowest BCUT2D eigenvalue weighted by molar-refractivity contribution is -0.140. The van der Waals surface area contributed by atoms with E-state index in [-0.39, 0.29) is 36.2 Å². The van der Waals surface area contributed by atoms with Gasteiger partial charge in [0.2, 0.25) is 5.91 Å². The summed E-state index contributed by atoms with van der Waals surface area (Å²) in [5.74, 6) is -4.28. The highest BCUT2D eigenvalue weighted by Crippen LogP contribution is 2.41. The minimum Gasteiger partial charge on any atom is -0.394 e. The molecule has 37 heavy (non-hydrogen) atoms. The van der Waals surface area contributed by atoms with Crippen molar-refractivity contribution in [1.82, 2.24) is 10.6 Å². The van der Waals surface area contributed by atoms with Crippen LogP contribution in [0.25, 0.3) is 6.08 Å². The molecule has 2 aromatic carbocycles. The van der Waals surface area contributed by atoms with Crippen LogP contribution in [-0.2, 0) is 4.79 Å². The monoisotopic (exact) mass is 654 g/mol. The molecule has 3 N–H and O–H groups in total. The van der Waals surface area contributed by atoms with Gasteiger partial charge in [-0.15, -0.1) is 0 Å². The van der Waals surface area contributed by atoms with Gasteiger partial charge in [0, 0.05) is 4.47 Å². The van der Waals surface area contributed by atoms with Crippen LogP contribution in [0.2, 0.25) is 15.1 Å². The molecule has 0 aliphatic rings. The maximum Gasteiger partial charge on any atom is 0.405 e. The summed E-state index contributed by atoms with van der Waals surface area (Å²) in [5.41, 5.74) is -0.106. The second-order valence-corrected chi connectivity index (χ2v) is 9.50. The van der Waals surface area contributed by atoms with Crippen LogP contribution >= 0.6 is 50.7 Å². The fourth-order valence-electron chi connectivity index (χ4n) is 2.93. The van der Waals surface area contributed by atoms with Crippen LogP contribution in [0.15, 0.2) is 40.9 Å². The highest BCUT2D eigenvalue weighted by Gasteiger charge is 2.39. The van der Waals surface area contributed by atoms with E-state index in [0.717, 1.165) is 24.3 Å². The Morgan fingerprint density at radius 3 is 2.11 bits per heavy atom. The molecule has 0 aliphatic heterocycles. The number of carbonyl (C=O) groups is 2. The molecule has 0 saturated heterocycles. The number of hydrogen-bond donors (Lipinski definition) is 3. The molecule has 0 radical (unpaired) electrons. The summed E-state index contributed by atoms with van der Waals surface area (Å²) in [6, 6.07) is 4.22. The lowest BCUT2D eigenvalue weighted by atomic mass is 9.97. The molecule has 0 aromatic heterocycles. The van der Waals surface area contributed by atoms with E-state index in [0.29, 0.717) is 0 Å². The first kappa shape index (κ1) is 31.2. The third kappa shape index (κ3) is 9.06. The first-order valence-corrected chi connectivity index (χ1v) is 11.9. The fraction of sp³-hybridized carbons (Fsp3) is 0.273. The molecule has 15 heteroatoms. The van der Waals surface area contributed by atoms with E-state index >= 15 is 0 Å². The number of carbonyl (C=O) groups excluding carboxylic acids is 2. The van der Waals surface area contributed by atoms with E-state index in [1.54, 1.807) is 5.32 Å². The molecule has 2 atom stereocenters. The van der Waals surface area contributed by atoms with E-state index in [4.69, 9.17) is 34.8 Å². The lowest BCUT2D eigenvalue weighted by Crippen LogP contribution is -2.50. The summed E-state index contributed by atoms with van der Waals surface area (Å²) in [4.78, 5) is 24.3. The van der Waals surface area contributed by atoms with Crippen LogP contribution in [0.4, 0.5) is 26.3 Å². The Labute approximate surface area is 229 Å². The molecule has 0 bridgehead atoms. The SMILES string of the molecule is O=C(N[C@@H](CO)C(=O)NCC(F)(F)F)c1ccc(/C=C/C(c2cc(Cl)c(Cl)c(Cl)c2)C(F)(F)F)cc1Br. The standard InChI is InChI=1S/C22H16BrCl3F6N2O3/c23-14-5-10(2-4-13(22(30,31)32)11-6-15(24)18(26)16(25)7-11)1-3-12(14)19(36)34-17(8-35)20(37)33-9-21(27,28)29/h1-7,13,17,35H,8-9H2,(H,33,37)(H,34,36)/b4-2+/t13?,17-/m0/s1. The summed E-state index contributed by atoms with van der Waals surface area (Å²) in [6.45, 7) is -2.64. The molecular formula is C22H16BrCl3F6N2O3. The lowest BCUT2D eigenvalue weighted by Gasteiger charge is -2.18. The van der Waals surface area contributed by atoms with E-state index in [2.05, 4.69) is 21.2 Å². The van der Waals surface area contributed by atoms with Crippen LogP contribution in [0.5, 0.6) is 0 Å². The Bertz CT molecular complexity index is 1170. The van der Waals surface area contributed by atoms with E-state index < -0.39 is 49.3 Å². The maximum absolute atomic E-state index is 13.7. The van der Waals surface area contributed by atoms with Gasteiger partial charge in [-0.3, -0.25) is 9.59 Å².